The van der Waals surface area contributed by atoms with Gasteiger partial charge in [-0.1, -0.05) is 444 Å². The lowest BCUT2D eigenvalue weighted by Crippen LogP contribution is -2.57. The third kappa shape index (κ3) is 15.4. The van der Waals surface area contributed by atoms with Crippen LogP contribution < -0.4 is 16.4 Å². The van der Waals surface area contributed by atoms with Crippen molar-refractivity contribution in [2.75, 3.05) is 0 Å². The van der Waals surface area contributed by atoms with Crippen LogP contribution in [-0.2, 0) is 21.7 Å². The second kappa shape index (κ2) is 36.0. The number of benzene rings is 14. The summed E-state index contributed by atoms with van der Waals surface area (Å²) in [5, 5.41) is 2.57. The Hall–Kier alpha value is -11.1. The van der Waals surface area contributed by atoms with Gasteiger partial charge in [0, 0.05) is 43.6 Å². The van der Waals surface area contributed by atoms with Crippen LogP contribution >= 0.6 is 0 Å². The van der Waals surface area contributed by atoms with Crippen LogP contribution in [0.25, 0.3) is 139 Å². The van der Waals surface area contributed by atoms with E-state index >= 15 is 0 Å². The minimum absolute atomic E-state index is 0.0402. The lowest BCUT2D eigenvalue weighted by Gasteiger charge is -2.33. The fourth-order valence-corrected chi connectivity index (χ4v) is 25.4. The van der Waals surface area contributed by atoms with Crippen molar-refractivity contribution in [1.29, 1.82) is 0 Å². The molecule has 20 rings (SSSR count). The standard InChI is InChI=1S/C127H134BN/c1-12-16-20-24-28-38-70-126(71-39-29-25-21-17-13-2)110-44-34-32-42-100(110)106-67-60-97(82-116(106)126)95-58-65-104-102-63-56-93(78-112(102)124(8,9)114(104)80-95)89-50-48-88(49-51-89)92-62-69-120-108(76-92)109-77-99(84-119-123(109)129(120)121-47-37-36-46-118(121)128(119)122-86(6)74-85(5)75-87(122)7)91-54-52-90(53-55-91)94-57-64-103-105-66-59-96(81-115(105)125(10,11)113(103)79-94)98-61-68-107-101-43-33-35-45-111(101)127(117(107)83-98,72-40-30-26-22-18-14-3)73-41-31-27-23-19-15-4/h32-37,42-69,74-84H,12-31,38-41,70-73H2,1-11H3. The molecule has 1 aromatic heterocycles. The molecule has 15 aromatic rings. The Balaban J connectivity index is 0.595. The largest absolute Gasteiger partial charge is 0.310 e. The molecule has 0 radical (unpaired) electrons. The van der Waals surface area contributed by atoms with Crippen molar-refractivity contribution in [2.45, 2.75) is 278 Å². The molecule has 0 saturated heterocycles. The fraction of sp³-hybridized carbons (Fsp3) is 0.339. The molecular weight excluding hydrogens is 1550 g/mol. The first kappa shape index (κ1) is 86.0. The number of para-hydroxylation sites is 1. The second-order valence-electron chi connectivity index (χ2n) is 41.1. The van der Waals surface area contributed by atoms with Gasteiger partial charge >= 0.3 is 0 Å². The summed E-state index contributed by atoms with van der Waals surface area (Å²) >= 11 is 0. The Kier molecular flexibility index (Phi) is 24.0. The molecule has 1 aliphatic heterocycles. The maximum absolute atomic E-state index is 2.65. The van der Waals surface area contributed by atoms with Crippen molar-refractivity contribution in [1.82, 2.24) is 4.57 Å². The van der Waals surface area contributed by atoms with E-state index in [0.29, 0.717) is 0 Å². The summed E-state index contributed by atoms with van der Waals surface area (Å²) in [5.41, 5.74) is 50.1. The molecule has 5 aliphatic rings. The van der Waals surface area contributed by atoms with E-state index in [1.165, 1.54) is 374 Å². The summed E-state index contributed by atoms with van der Waals surface area (Å²) in [7, 11) is 0. The number of nitrogens with zero attached hydrogens (tertiary/aromatic N) is 1. The minimum Gasteiger partial charge on any atom is -0.310 e. The van der Waals surface area contributed by atoms with Gasteiger partial charge in [-0.05, 0) is 274 Å². The smallest absolute Gasteiger partial charge is 0.247 e. The molecular formula is C127H134BN. The summed E-state index contributed by atoms with van der Waals surface area (Å²) in [4.78, 5) is 0. The molecule has 0 fully saturated rings. The highest BCUT2D eigenvalue weighted by Gasteiger charge is 2.46. The van der Waals surface area contributed by atoms with E-state index in [9.17, 15) is 0 Å². The quantitative estimate of drug-likeness (QED) is 0.0276. The first-order valence-corrected chi connectivity index (χ1v) is 50.6. The average Bonchev–Trinajstić information content (AvgIpc) is 1.33. The zero-order valence-electron chi connectivity index (χ0n) is 79.3. The highest BCUT2D eigenvalue weighted by molar-refractivity contribution is 6.98. The molecule has 650 valence electrons. The van der Waals surface area contributed by atoms with Crippen LogP contribution in [0.15, 0.2) is 273 Å². The third-order valence-corrected chi connectivity index (χ3v) is 32.2. The van der Waals surface area contributed by atoms with Crippen LogP contribution in [-0.4, -0.2) is 11.3 Å². The van der Waals surface area contributed by atoms with Crippen molar-refractivity contribution in [3.05, 3.63) is 334 Å². The minimum atomic E-state index is -0.193. The molecule has 2 heterocycles. The van der Waals surface area contributed by atoms with Gasteiger partial charge in [-0.25, -0.2) is 0 Å². The molecule has 129 heavy (non-hydrogen) atoms. The van der Waals surface area contributed by atoms with Crippen molar-refractivity contribution < 1.29 is 0 Å². The zero-order chi connectivity index (χ0) is 88.3. The van der Waals surface area contributed by atoms with Crippen LogP contribution in [0.4, 0.5) is 0 Å². The van der Waals surface area contributed by atoms with Crippen molar-refractivity contribution in [2.24, 2.45) is 0 Å². The monoisotopic (exact) mass is 1680 g/mol. The second-order valence-corrected chi connectivity index (χ2v) is 41.1. The lowest BCUT2D eigenvalue weighted by molar-refractivity contribution is 0.398. The number of unbranched alkanes of at least 4 members (excludes halogenated alkanes) is 20. The average molecular weight is 1690 g/mol. The molecule has 0 amide bonds. The Morgan fingerprint density at radius 1 is 0.240 bits per heavy atom. The van der Waals surface area contributed by atoms with Crippen LogP contribution in [0.2, 0.25) is 0 Å². The fourth-order valence-electron chi connectivity index (χ4n) is 25.4. The third-order valence-electron chi connectivity index (χ3n) is 32.2. The molecule has 2 heteroatoms. The van der Waals surface area contributed by atoms with E-state index in [2.05, 4.69) is 354 Å². The lowest BCUT2D eigenvalue weighted by atomic mass is 9.34. The highest BCUT2D eigenvalue weighted by Crippen LogP contribution is 2.60. The van der Waals surface area contributed by atoms with Crippen LogP contribution in [0, 0.1) is 20.8 Å². The van der Waals surface area contributed by atoms with E-state index in [-0.39, 0.29) is 28.4 Å². The Bertz CT molecular complexity index is 6670. The van der Waals surface area contributed by atoms with E-state index in [0.717, 1.165) is 0 Å². The molecule has 1 nitrogen and oxygen atoms in total. The summed E-state index contributed by atoms with van der Waals surface area (Å²) in [6, 6.07) is 109. The molecule has 0 atom stereocenters. The van der Waals surface area contributed by atoms with Gasteiger partial charge in [0.2, 0.25) is 6.71 Å². The number of fused-ring (bicyclic) bond motifs is 17. The predicted molar refractivity (Wildman–Crippen MR) is 558 cm³/mol. The summed E-state index contributed by atoms with van der Waals surface area (Å²) in [6.45, 7) is 26.2. The van der Waals surface area contributed by atoms with E-state index in [4.69, 9.17) is 0 Å². The van der Waals surface area contributed by atoms with Crippen LogP contribution in [0.5, 0.6) is 0 Å². The van der Waals surface area contributed by atoms with Crippen molar-refractivity contribution in [3.63, 3.8) is 0 Å². The first-order valence-electron chi connectivity index (χ1n) is 50.6. The van der Waals surface area contributed by atoms with Crippen LogP contribution in [0.1, 0.15) is 296 Å². The molecule has 0 unspecified atom stereocenters. The SMILES string of the molecule is CCCCCCCCC1(CCCCCCCC)c2ccccc2-c2ccc(-c3ccc4c(c3)C(C)(C)c3cc(-c5ccc(-c6ccc7c(c6)c6cc(-c8ccc(-c9ccc%10c(c9)C(C)(C)c9cc(-c%11ccc%12c(c%11)C(CCCCCCCC)(CCCCCCCC)c%11ccccc%11-%12)ccc9-%10)cc8)cc8c6n7-c6ccccc6B8c6c(C)cc(C)cc6C)cc5)ccc3-4)cc21. The number of aryl methyl sites for hydroxylation is 3. The zero-order valence-corrected chi connectivity index (χ0v) is 79.3. The number of hydrogen-bond acceptors (Lipinski definition) is 0. The topological polar surface area (TPSA) is 4.93 Å². The normalized spacial score (nSPS) is 14.5. The van der Waals surface area contributed by atoms with E-state index < -0.39 is 0 Å². The van der Waals surface area contributed by atoms with E-state index in [1.54, 1.807) is 22.3 Å². The molecule has 14 aromatic carbocycles. The Morgan fingerprint density at radius 3 is 0.930 bits per heavy atom. The highest BCUT2D eigenvalue weighted by atomic mass is 15.0. The van der Waals surface area contributed by atoms with Gasteiger partial charge in [-0.15, -0.1) is 0 Å². The van der Waals surface area contributed by atoms with Gasteiger partial charge in [0.25, 0.3) is 0 Å². The van der Waals surface area contributed by atoms with Gasteiger partial charge in [0.05, 0.1) is 5.52 Å². The summed E-state index contributed by atoms with van der Waals surface area (Å²) < 4.78 is 2.60. The van der Waals surface area contributed by atoms with Gasteiger partial charge in [-0.3, -0.25) is 0 Å². The molecule has 0 N–H and O–H groups in total. The Labute approximate surface area is 772 Å². The molecule has 0 saturated carbocycles. The number of rotatable bonds is 35. The maximum Gasteiger partial charge on any atom is 0.247 e. The Morgan fingerprint density at radius 2 is 0.535 bits per heavy atom. The van der Waals surface area contributed by atoms with Crippen molar-refractivity contribution in [3.8, 4) is 117 Å². The van der Waals surface area contributed by atoms with Crippen LogP contribution in [0.3, 0.4) is 0 Å². The van der Waals surface area contributed by atoms with Gasteiger partial charge in [0.15, 0.2) is 0 Å². The van der Waals surface area contributed by atoms with E-state index in [1.807, 2.05) is 0 Å². The molecule has 0 bridgehead atoms. The summed E-state index contributed by atoms with van der Waals surface area (Å²) in [5.74, 6) is 0. The van der Waals surface area contributed by atoms with Gasteiger partial charge in [0.1, 0.15) is 0 Å². The van der Waals surface area contributed by atoms with Gasteiger partial charge < -0.3 is 4.57 Å². The number of aromatic nitrogens is 1. The predicted octanol–water partition coefficient (Wildman–Crippen LogP) is 34.7. The molecule has 0 spiro atoms. The maximum atomic E-state index is 2.65. The first-order chi connectivity index (χ1) is 63.0. The van der Waals surface area contributed by atoms with Crippen molar-refractivity contribution >= 4 is 44.9 Å². The van der Waals surface area contributed by atoms with Gasteiger partial charge in [-0.2, -0.15) is 0 Å². The number of hydrogen-bond donors (Lipinski definition) is 0. The summed E-state index contributed by atoms with van der Waals surface area (Å²) in [6.07, 6.45) is 36.7. The molecule has 4 aliphatic carbocycles.